The van der Waals surface area contributed by atoms with Crippen LogP contribution in [0.25, 0.3) is 0 Å². The van der Waals surface area contributed by atoms with Gasteiger partial charge in [-0.05, 0) is 12.8 Å². The molecule has 0 N–H and O–H groups in total. The van der Waals surface area contributed by atoms with E-state index in [0.717, 1.165) is 25.7 Å². The Morgan fingerprint density at radius 3 is 2.58 bits per heavy atom. The first kappa shape index (κ1) is 11.1. The molecular weight excluding hydrogens is 154 g/mol. The van der Waals surface area contributed by atoms with E-state index in [1.54, 1.807) is 0 Å². The fourth-order valence-corrected chi connectivity index (χ4v) is 1.09. The summed E-state index contributed by atoms with van der Waals surface area (Å²) in [5, 5.41) is 0. The lowest BCUT2D eigenvalue weighted by molar-refractivity contribution is -0.121. The standard InChI is InChI=1S/C9H15NO2/c1-3-5-6-8(4-2)9(12)10-7-11/h8H,3-6H2,1-2H3. The van der Waals surface area contributed by atoms with Gasteiger partial charge >= 0.3 is 0 Å². The second-order valence-corrected chi connectivity index (χ2v) is 2.79. The van der Waals surface area contributed by atoms with E-state index in [-0.39, 0.29) is 11.8 Å². The third-order valence-electron chi connectivity index (χ3n) is 1.90. The fraction of sp³-hybridized carbons (Fsp3) is 0.778. The Kier molecular flexibility index (Phi) is 6.21. The molecule has 1 unspecified atom stereocenters. The van der Waals surface area contributed by atoms with Crippen LogP contribution in [0.1, 0.15) is 39.5 Å². The van der Waals surface area contributed by atoms with Gasteiger partial charge in [0.05, 0.1) is 0 Å². The van der Waals surface area contributed by atoms with Gasteiger partial charge in [0.1, 0.15) is 0 Å². The molecule has 0 aliphatic rings. The van der Waals surface area contributed by atoms with Gasteiger partial charge in [-0.3, -0.25) is 4.79 Å². The largest absolute Gasteiger partial charge is 0.271 e. The monoisotopic (exact) mass is 169 g/mol. The summed E-state index contributed by atoms with van der Waals surface area (Å²) in [5.41, 5.74) is 0. The highest BCUT2D eigenvalue weighted by molar-refractivity contribution is 5.83. The summed E-state index contributed by atoms with van der Waals surface area (Å²) in [6, 6.07) is 0. The minimum Gasteiger partial charge on any atom is -0.271 e. The molecule has 0 spiro atoms. The van der Waals surface area contributed by atoms with Crippen LogP contribution in [0, 0.1) is 5.92 Å². The molecule has 0 aromatic carbocycles. The molecule has 0 fully saturated rings. The molecule has 1 atom stereocenters. The zero-order valence-corrected chi connectivity index (χ0v) is 7.67. The van der Waals surface area contributed by atoms with Crippen LogP contribution in [0.3, 0.4) is 0 Å². The lowest BCUT2D eigenvalue weighted by atomic mass is 9.99. The van der Waals surface area contributed by atoms with E-state index in [0.29, 0.717) is 0 Å². The van der Waals surface area contributed by atoms with Crippen LogP contribution < -0.4 is 0 Å². The lowest BCUT2D eigenvalue weighted by Gasteiger charge is -2.07. The molecule has 0 aliphatic heterocycles. The molecule has 0 aliphatic carbocycles. The third kappa shape index (κ3) is 4.04. The molecule has 0 bridgehead atoms. The quantitative estimate of drug-likeness (QED) is 0.467. The van der Waals surface area contributed by atoms with Crippen molar-refractivity contribution in [2.75, 3.05) is 0 Å². The molecule has 0 rings (SSSR count). The van der Waals surface area contributed by atoms with Crippen molar-refractivity contribution >= 4 is 12.0 Å². The summed E-state index contributed by atoms with van der Waals surface area (Å²) in [6.07, 6.45) is 4.95. The van der Waals surface area contributed by atoms with Gasteiger partial charge in [-0.1, -0.05) is 26.7 Å². The Balaban J connectivity index is 3.95. The van der Waals surface area contributed by atoms with Crippen molar-refractivity contribution in [2.45, 2.75) is 39.5 Å². The summed E-state index contributed by atoms with van der Waals surface area (Å²) in [5.74, 6) is -0.396. The summed E-state index contributed by atoms with van der Waals surface area (Å²) in [4.78, 5) is 24.0. The second kappa shape index (κ2) is 6.74. The molecule has 0 saturated heterocycles. The van der Waals surface area contributed by atoms with Crippen LogP contribution in [0.5, 0.6) is 0 Å². The van der Waals surface area contributed by atoms with E-state index in [1.165, 1.54) is 6.08 Å². The van der Waals surface area contributed by atoms with Crippen LogP contribution in [-0.2, 0) is 9.59 Å². The molecule has 3 nitrogen and oxygen atoms in total. The van der Waals surface area contributed by atoms with E-state index in [1.807, 2.05) is 6.92 Å². The third-order valence-corrected chi connectivity index (χ3v) is 1.90. The fourth-order valence-electron chi connectivity index (χ4n) is 1.09. The predicted octanol–water partition coefficient (Wildman–Crippen LogP) is 2.07. The summed E-state index contributed by atoms with van der Waals surface area (Å²) >= 11 is 0. The lowest BCUT2D eigenvalue weighted by Crippen LogP contribution is -2.10. The maximum atomic E-state index is 11.1. The minimum absolute atomic E-state index is 0.0774. The number of hydrogen-bond acceptors (Lipinski definition) is 2. The highest BCUT2D eigenvalue weighted by atomic mass is 16.2. The average Bonchev–Trinajstić information content (AvgIpc) is 2.06. The van der Waals surface area contributed by atoms with Crippen molar-refractivity contribution in [3.63, 3.8) is 0 Å². The first-order valence-electron chi connectivity index (χ1n) is 4.37. The summed E-state index contributed by atoms with van der Waals surface area (Å²) < 4.78 is 0. The maximum absolute atomic E-state index is 11.1. The molecule has 68 valence electrons. The van der Waals surface area contributed by atoms with E-state index in [4.69, 9.17) is 0 Å². The maximum Gasteiger partial charge on any atom is 0.259 e. The van der Waals surface area contributed by atoms with E-state index >= 15 is 0 Å². The van der Waals surface area contributed by atoms with Gasteiger partial charge in [0.15, 0.2) is 0 Å². The topological polar surface area (TPSA) is 46.5 Å². The Bertz CT molecular complexity index is 183. The highest BCUT2D eigenvalue weighted by Gasteiger charge is 2.14. The molecule has 0 radical (unpaired) electrons. The first-order chi connectivity index (χ1) is 5.76. The van der Waals surface area contributed by atoms with Crippen LogP contribution >= 0.6 is 0 Å². The minimum atomic E-state index is -0.319. The number of amides is 1. The highest BCUT2D eigenvalue weighted by Crippen LogP contribution is 2.13. The van der Waals surface area contributed by atoms with Crippen molar-refractivity contribution in [3.05, 3.63) is 0 Å². The first-order valence-corrected chi connectivity index (χ1v) is 4.37. The molecule has 3 heteroatoms. The average molecular weight is 169 g/mol. The Morgan fingerprint density at radius 2 is 2.17 bits per heavy atom. The number of carbonyl (C=O) groups is 1. The number of rotatable bonds is 5. The van der Waals surface area contributed by atoms with Gasteiger partial charge in [-0.15, -0.1) is 4.99 Å². The molecule has 0 aromatic rings. The van der Waals surface area contributed by atoms with E-state index in [2.05, 4.69) is 11.9 Å². The Hall–Kier alpha value is -0.950. The van der Waals surface area contributed by atoms with Crippen molar-refractivity contribution < 1.29 is 9.59 Å². The normalized spacial score (nSPS) is 11.8. The van der Waals surface area contributed by atoms with Gasteiger partial charge in [0.25, 0.3) is 5.91 Å². The van der Waals surface area contributed by atoms with Gasteiger partial charge in [0, 0.05) is 5.92 Å². The van der Waals surface area contributed by atoms with Gasteiger partial charge in [-0.25, -0.2) is 4.79 Å². The SMILES string of the molecule is CCCCC(CC)C(=O)N=C=O. The van der Waals surface area contributed by atoms with Gasteiger partial charge in [0.2, 0.25) is 6.08 Å². The van der Waals surface area contributed by atoms with Gasteiger partial charge < -0.3 is 0 Å². The molecule has 1 amide bonds. The number of isocyanates is 1. The Morgan fingerprint density at radius 1 is 1.50 bits per heavy atom. The number of unbranched alkanes of at least 4 members (excludes halogenated alkanes) is 1. The van der Waals surface area contributed by atoms with E-state index in [9.17, 15) is 9.59 Å². The molecule has 0 saturated carbocycles. The zero-order chi connectivity index (χ0) is 9.40. The van der Waals surface area contributed by atoms with Crippen molar-refractivity contribution in [1.82, 2.24) is 0 Å². The van der Waals surface area contributed by atoms with Crippen molar-refractivity contribution in [1.29, 1.82) is 0 Å². The second-order valence-electron chi connectivity index (χ2n) is 2.79. The number of nitrogens with zero attached hydrogens (tertiary/aromatic N) is 1. The van der Waals surface area contributed by atoms with Crippen LogP contribution in [-0.4, -0.2) is 12.0 Å². The van der Waals surface area contributed by atoms with Crippen LogP contribution in [0.15, 0.2) is 4.99 Å². The molecule has 0 heterocycles. The Labute approximate surface area is 72.9 Å². The van der Waals surface area contributed by atoms with E-state index < -0.39 is 0 Å². The predicted molar refractivity (Wildman–Crippen MR) is 46.4 cm³/mol. The van der Waals surface area contributed by atoms with Crippen molar-refractivity contribution in [3.8, 4) is 0 Å². The van der Waals surface area contributed by atoms with Crippen LogP contribution in [0.2, 0.25) is 0 Å². The zero-order valence-electron chi connectivity index (χ0n) is 7.67. The number of aliphatic imine (C=N–C) groups is 1. The molecule has 0 aromatic heterocycles. The number of hydrogen-bond donors (Lipinski definition) is 0. The summed E-state index contributed by atoms with van der Waals surface area (Å²) in [7, 11) is 0. The smallest absolute Gasteiger partial charge is 0.259 e. The summed E-state index contributed by atoms with van der Waals surface area (Å²) in [6.45, 7) is 4.00. The van der Waals surface area contributed by atoms with Crippen molar-refractivity contribution in [2.24, 2.45) is 10.9 Å². The van der Waals surface area contributed by atoms with Gasteiger partial charge in [-0.2, -0.15) is 0 Å². The molecule has 12 heavy (non-hydrogen) atoms. The molecular formula is C9H15NO2. The number of carbonyl (C=O) groups excluding carboxylic acids is 2. The van der Waals surface area contributed by atoms with Crippen LogP contribution in [0.4, 0.5) is 0 Å².